The van der Waals surface area contributed by atoms with Crippen LogP contribution in [0.2, 0.25) is 0 Å². The van der Waals surface area contributed by atoms with E-state index in [9.17, 15) is 9.90 Å². The van der Waals surface area contributed by atoms with E-state index in [0.29, 0.717) is 18.0 Å². The lowest BCUT2D eigenvalue weighted by Crippen LogP contribution is -2.25. The fraction of sp³-hybridized carbons (Fsp3) is 0.417. The standard InChI is InChI=1S/C12H16BrNO2/c1-8(2)5-6-14-12(16)10-7-9(13)3-4-11(10)15/h3-4,7-8,15H,5-6H2,1-2H3,(H,14,16). The van der Waals surface area contributed by atoms with Crippen LogP contribution in [0.15, 0.2) is 22.7 Å². The summed E-state index contributed by atoms with van der Waals surface area (Å²) in [7, 11) is 0. The Morgan fingerprint density at radius 1 is 1.50 bits per heavy atom. The molecule has 0 bridgehead atoms. The third kappa shape index (κ3) is 3.85. The Morgan fingerprint density at radius 2 is 2.19 bits per heavy atom. The van der Waals surface area contributed by atoms with E-state index in [4.69, 9.17) is 0 Å². The maximum Gasteiger partial charge on any atom is 0.255 e. The van der Waals surface area contributed by atoms with Crippen molar-refractivity contribution in [3.8, 4) is 5.75 Å². The highest BCUT2D eigenvalue weighted by atomic mass is 79.9. The van der Waals surface area contributed by atoms with E-state index in [0.717, 1.165) is 10.9 Å². The summed E-state index contributed by atoms with van der Waals surface area (Å²) < 4.78 is 0.777. The highest BCUT2D eigenvalue weighted by molar-refractivity contribution is 9.10. The average Bonchev–Trinajstić information content (AvgIpc) is 2.21. The van der Waals surface area contributed by atoms with Crippen LogP contribution in [0, 0.1) is 5.92 Å². The SMILES string of the molecule is CC(C)CCNC(=O)c1cc(Br)ccc1O. The summed E-state index contributed by atoms with van der Waals surface area (Å²) in [5, 5.41) is 12.3. The minimum absolute atomic E-state index is 0.00486. The molecule has 1 rings (SSSR count). The van der Waals surface area contributed by atoms with Gasteiger partial charge in [-0.25, -0.2) is 0 Å². The summed E-state index contributed by atoms with van der Waals surface area (Å²) in [6.45, 7) is 4.83. The van der Waals surface area contributed by atoms with Crippen LogP contribution in [0.1, 0.15) is 30.6 Å². The molecule has 0 aliphatic heterocycles. The first-order chi connectivity index (χ1) is 7.50. The minimum atomic E-state index is -0.237. The number of rotatable bonds is 4. The molecule has 16 heavy (non-hydrogen) atoms. The number of nitrogens with one attached hydrogen (secondary N) is 1. The van der Waals surface area contributed by atoms with Gasteiger partial charge in [0.25, 0.3) is 5.91 Å². The van der Waals surface area contributed by atoms with E-state index >= 15 is 0 Å². The fourth-order valence-electron chi connectivity index (χ4n) is 1.26. The highest BCUT2D eigenvalue weighted by Crippen LogP contribution is 2.21. The smallest absolute Gasteiger partial charge is 0.255 e. The van der Waals surface area contributed by atoms with E-state index in [2.05, 4.69) is 35.1 Å². The van der Waals surface area contributed by atoms with E-state index in [1.165, 1.54) is 6.07 Å². The van der Waals surface area contributed by atoms with Gasteiger partial charge < -0.3 is 10.4 Å². The summed E-state index contributed by atoms with van der Waals surface area (Å²) >= 11 is 3.26. The van der Waals surface area contributed by atoms with E-state index < -0.39 is 0 Å². The van der Waals surface area contributed by atoms with Crippen molar-refractivity contribution in [1.29, 1.82) is 0 Å². The minimum Gasteiger partial charge on any atom is -0.507 e. The number of benzene rings is 1. The summed E-state index contributed by atoms with van der Waals surface area (Å²) in [6.07, 6.45) is 0.931. The third-order valence-corrected chi connectivity index (χ3v) is 2.70. The van der Waals surface area contributed by atoms with Crippen LogP contribution < -0.4 is 5.32 Å². The largest absolute Gasteiger partial charge is 0.507 e. The first kappa shape index (κ1) is 13.0. The number of hydrogen-bond donors (Lipinski definition) is 2. The zero-order valence-electron chi connectivity index (χ0n) is 9.46. The second-order valence-electron chi connectivity index (χ2n) is 4.10. The lowest BCUT2D eigenvalue weighted by molar-refractivity contribution is 0.0949. The van der Waals surface area contributed by atoms with Crippen LogP contribution in [0.25, 0.3) is 0 Å². The Bertz CT molecular complexity index is 377. The molecule has 1 aromatic rings. The molecule has 0 aliphatic rings. The Morgan fingerprint density at radius 3 is 2.81 bits per heavy atom. The average molecular weight is 286 g/mol. The molecule has 0 atom stereocenters. The second-order valence-corrected chi connectivity index (χ2v) is 5.02. The van der Waals surface area contributed by atoms with Crippen molar-refractivity contribution in [2.24, 2.45) is 5.92 Å². The molecule has 3 nitrogen and oxygen atoms in total. The molecule has 1 amide bonds. The number of carbonyl (C=O) groups is 1. The molecule has 88 valence electrons. The topological polar surface area (TPSA) is 49.3 Å². The quantitative estimate of drug-likeness (QED) is 0.894. The highest BCUT2D eigenvalue weighted by Gasteiger charge is 2.10. The van der Waals surface area contributed by atoms with Gasteiger partial charge in [0, 0.05) is 11.0 Å². The van der Waals surface area contributed by atoms with Gasteiger partial charge in [0.05, 0.1) is 5.56 Å². The van der Waals surface area contributed by atoms with Gasteiger partial charge in [-0.1, -0.05) is 29.8 Å². The predicted molar refractivity (Wildman–Crippen MR) is 67.6 cm³/mol. The predicted octanol–water partition coefficient (Wildman–Crippen LogP) is 2.93. The maximum atomic E-state index is 11.7. The molecule has 0 fully saturated rings. The van der Waals surface area contributed by atoms with Crippen molar-refractivity contribution in [2.45, 2.75) is 20.3 Å². The van der Waals surface area contributed by atoms with Crippen molar-refractivity contribution >= 4 is 21.8 Å². The molecule has 0 radical (unpaired) electrons. The molecule has 0 spiro atoms. The number of phenolic OH excluding ortho intramolecular Hbond substituents is 1. The molecular formula is C12H16BrNO2. The molecule has 0 aliphatic carbocycles. The van der Waals surface area contributed by atoms with Gasteiger partial charge in [0.2, 0.25) is 0 Å². The first-order valence-corrected chi connectivity index (χ1v) is 6.06. The van der Waals surface area contributed by atoms with Crippen molar-refractivity contribution in [3.05, 3.63) is 28.2 Å². The molecule has 0 heterocycles. The molecule has 0 aromatic heterocycles. The number of hydrogen-bond acceptors (Lipinski definition) is 2. The molecule has 4 heteroatoms. The van der Waals surface area contributed by atoms with Gasteiger partial charge in [-0.15, -0.1) is 0 Å². The van der Waals surface area contributed by atoms with Crippen LogP contribution in [-0.2, 0) is 0 Å². The van der Waals surface area contributed by atoms with Gasteiger partial charge in [0.1, 0.15) is 5.75 Å². The van der Waals surface area contributed by atoms with Crippen LogP contribution >= 0.6 is 15.9 Å². The first-order valence-electron chi connectivity index (χ1n) is 5.27. The van der Waals surface area contributed by atoms with E-state index in [-0.39, 0.29) is 11.7 Å². The lowest BCUT2D eigenvalue weighted by atomic mass is 10.1. The Hall–Kier alpha value is -1.03. The normalized spacial score (nSPS) is 10.5. The Labute approximate surface area is 104 Å². The Kier molecular flexibility index (Phi) is 4.80. The monoisotopic (exact) mass is 285 g/mol. The molecule has 0 saturated carbocycles. The zero-order valence-corrected chi connectivity index (χ0v) is 11.0. The maximum absolute atomic E-state index is 11.7. The summed E-state index contributed by atoms with van der Waals surface area (Å²) in [6, 6.07) is 4.81. The van der Waals surface area contributed by atoms with Gasteiger partial charge in [0.15, 0.2) is 0 Å². The number of halogens is 1. The van der Waals surface area contributed by atoms with Gasteiger partial charge in [-0.3, -0.25) is 4.79 Å². The Balaban J connectivity index is 2.62. The molecule has 2 N–H and O–H groups in total. The second kappa shape index (κ2) is 5.89. The van der Waals surface area contributed by atoms with E-state index in [1.54, 1.807) is 12.1 Å². The zero-order chi connectivity index (χ0) is 12.1. The number of carbonyl (C=O) groups excluding carboxylic acids is 1. The molecule has 1 aromatic carbocycles. The summed E-state index contributed by atoms with van der Waals surface area (Å²) in [5.41, 5.74) is 0.304. The van der Waals surface area contributed by atoms with Gasteiger partial charge >= 0.3 is 0 Å². The van der Waals surface area contributed by atoms with Gasteiger partial charge in [-0.05, 0) is 30.5 Å². The molecule has 0 unspecified atom stereocenters. The van der Waals surface area contributed by atoms with E-state index in [1.807, 2.05) is 0 Å². The van der Waals surface area contributed by atoms with Crippen molar-refractivity contribution in [2.75, 3.05) is 6.54 Å². The summed E-state index contributed by atoms with van der Waals surface area (Å²) in [4.78, 5) is 11.7. The van der Waals surface area contributed by atoms with Gasteiger partial charge in [-0.2, -0.15) is 0 Å². The van der Waals surface area contributed by atoms with Crippen LogP contribution in [0.5, 0.6) is 5.75 Å². The van der Waals surface area contributed by atoms with Crippen molar-refractivity contribution in [1.82, 2.24) is 5.32 Å². The number of phenols is 1. The summed E-state index contributed by atoms with van der Waals surface area (Å²) in [5.74, 6) is 0.320. The molecule has 0 saturated heterocycles. The van der Waals surface area contributed by atoms with Crippen LogP contribution in [0.3, 0.4) is 0 Å². The van der Waals surface area contributed by atoms with Crippen LogP contribution in [-0.4, -0.2) is 17.6 Å². The number of aromatic hydroxyl groups is 1. The number of amides is 1. The lowest BCUT2D eigenvalue weighted by Gasteiger charge is -2.08. The third-order valence-electron chi connectivity index (χ3n) is 2.21. The van der Waals surface area contributed by atoms with Crippen molar-refractivity contribution < 1.29 is 9.90 Å². The van der Waals surface area contributed by atoms with Crippen molar-refractivity contribution in [3.63, 3.8) is 0 Å². The fourth-order valence-corrected chi connectivity index (χ4v) is 1.62. The molecular weight excluding hydrogens is 270 g/mol. The van der Waals surface area contributed by atoms with Crippen LogP contribution in [0.4, 0.5) is 0 Å².